The fourth-order valence-corrected chi connectivity index (χ4v) is 1.72. The number of hydrazine groups is 1. The second-order valence-electron chi connectivity index (χ2n) is 4.03. The number of hydrogen-bond donors (Lipinski definition) is 2. The number of nitrogens with zero attached hydrogens (tertiary/aromatic N) is 2. The molecule has 2 aromatic heterocycles. The molecule has 0 saturated heterocycles. The normalized spacial score (nSPS) is 11.4. The molecule has 0 atom stereocenters. The number of alkyl halides is 3. The molecule has 0 aliphatic heterocycles. The standard InChI is InChI=1S/C12H11F3N4O/c13-12(14,15)9-2-1-3-11(20)19(9)7-8-4-5-10(18-16)17-6-8/h1-6H,7,16H2,(H,17,18). The van der Waals surface area contributed by atoms with Crippen molar-refractivity contribution in [3.63, 3.8) is 0 Å². The van der Waals surface area contributed by atoms with Crippen LogP contribution in [0, 0.1) is 0 Å². The Labute approximate surface area is 111 Å². The van der Waals surface area contributed by atoms with E-state index in [0.717, 1.165) is 18.2 Å². The largest absolute Gasteiger partial charge is 0.431 e. The Morgan fingerprint density at radius 3 is 2.55 bits per heavy atom. The predicted molar refractivity (Wildman–Crippen MR) is 66.9 cm³/mol. The first-order valence-electron chi connectivity index (χ1n) is 5.60. The lowest BCUT2D eigenvalue weighted by molar-refractivity contribution is -0.144. The number of nitrogens with two attached hydrogens (primary N) is 1. The first-order chi connectivity index (χ1) is 9.41. The third-order valence-electron chi connectivity index (χ3n) is 2.65. The van der Waals surface area contributed by atoms with Crippen LogP contribution in [-0.4, -0.2) is 9.55 Å². The highest BCUT2D eigenvalue weighted by molar-refractivity contribution is 5.33. The van der Waals surface area contributed by atoms with Crippen LogP contribution in [0.3, 0.4) is 0 Å². The molecule has 2 heterocycles. The van der Waals surface area contributed by atoms with Crippen LogP contribution in [0.1, 0.15) is 11.3 Å². The summed E-state index contributed by atoms with van der Waals surface area (Å²) < 4.78 is 39.2. The van der Waals surface area contributed by atoms with E-state index in [9.17, 15) is 18.0 Å². The van der Waals surface area contributed by atoms with Gasteiger partial charge in [-0.25, -0.2) is 10.8 Å². The van der Waals surface area contributed by atoms with Crippen LogP contribution in [-0.2, 0) is 12.7 Å². The lowest BCUT2D eigenvalue weighted by Crippen LogP contribution is -2.27. The van der Waals surface area contributed by atoms with E-state index in [0.29, 0.717) is 15.9 Å². The molecule has 0 fully saturated rings. The van der Waals surface area contributed by atoms with Gasteiger partial charge in [-0.05, 0) is 17.7 Å². The zero-order valence-electron chi connectivity index (χ0n) is 10.2. The maximum atomic E-state index is 12.8. The summed E-state index contributed by atoms with van der Waals surface area (Å²) in [5.74, 6) is 5.52. The molecule has 0 aliphatic rings. The number of anilines is 1. The summed E-state index contributed by atoms with van der Waals surface area (Å²) in [4.78, 5) is 15.5. The third kappa shape index (κ3) is 2.97. The minimum absolute atomic E-state index is 0.216. The van der Waals surface area contributed by atoms with Crippen molar-refractivity contribution < 1.29 is 13.2 Å². The van der Waals surface area contributed by atoms with Crippen LogP contribution in [0.15, 0.2) is 41.3 Å². The third-order valence-corrected chi connectivity index (χ3v) is 2.65. The van der Waals surface area contributed by atoms with Crippen LogP contribution >= 0.6 is 0 Å². The molecule has 0 saturated carbocycles. The summed E-state index contributed by atoms with van der Waals surface area (Å²) in [5.41, 5.74) is 1.05. The summed E-state index contributed by atoms with van der Waals surface area (Å²) in [6.45, 7) is -0.216. The highest BCUT2D eigenvalue weighted by atomic mass is 19.4. The predicted octanol–water partition coefficient (Wildman–Crippen LogP) is 1.60. The van der Waals surface area contributed by atoms with Crippen LogP contribution in [0.4, 0.5) is 19.0 Å². The molecule has 0 unspecified atom stereocenters. The van der Waals surface area contributed by atoms with E-state index in [1.807, 2.05) is 0 Å². The smallest absolute Gasteiger partial charge is 0.308 e. The molecule has 0 aromatic carbocycles. The Kier molecular flexibility index (Phi) is 3.75. The number of rotatable bonds is 3. The molecule has 0 amide bonds. The van der Waals surface area contributed by atoms with Crippen LogP contribution in [0.2, 0.25) is 0 Å². The Morgan fingerprint density at radius 1 is 1.25 bits per heavy atom. The van der Waals surface area contributed by atoms with Gasteiger partial charge < -0.3 is 5.43 Å². The van der Waals surface area contributed by atoms with Gasteiger partial charge in [-0.2, -0.15) is 13.2 Å². The molecule has 2 aromatic rings. The fraction of sp³-hybridized carbons (Fsp3) is 0.167. The molecule has 3 N–H and O–H groups in total. The maximum Gasteiger partial charge on any atom is 0.431 e. The maximum absolute atomic E-state index is 12.8. The quantitative estimate of drug-likeness (QED) is 0.663. The van der Waals surface area contributed by atoms with Crippen LogP contribution in [0.25, 0.3) is 0 Å². The zero-order valence-corrected chi connectivity index (χ0v) is 10.2. The number of halogens is 3. The molecular weight excluding hydrogens is 273 g/mol. The monoisotopic (exact) mass is 284 g/mol. The molecule has 0 bridgehead atoms. The van der Waals surface area contributed by atoms with Gasteiger partial charge in [0, 0.05) is 12.3 Å². The molecule has 5 nitrogen and oxygen atoms in total. The van der Waals surface area contributed by atoms with E-state index in [1.165, 1.54) is 12.3 Å². The van der Waals surface area contributed by atoms with Crippen molar-refractivity contribution >= 4 is 5.82 Å². The first kappa shape index (κ1) is 14.1. The van der Waals surface area contributed by atoms with Gasteiger partial charge in [0.25, 0.3) is 5.56 Å². The number of hydrogen-bond acceptors (Lipinski definition) is 4. The van der Waals surface area contributed by atoms with Crippen molar-refractivity contribution in [1.29, 1.82) is 0 Å². The average molecular weight is 284 g/mol. The van der Waals surface area contributed by atoms with Crippen molar-refractivity contribution in [3.05, 3.63) is 58.1 Å². The average Bonchev–Trinajstić information content (AvgIpc) is 2.40. The van der Waals surface area contributed by atoms with Crippen LogP contribution in [0.5, 0.6) is 0 Å². The van der Waals surface area contributed by atoms with E-state index >= 15 is 0 Å². The Bertz CT molecular complexity index is 649. The molecule has 0 aliphatic carbocycles. The van der Waals surface area contributed by atoms with Crippen molar-refractivity contribution in [3.8, 4) is 0 Å². The summed E-state index contributed by atoms with van der Waals surface area (Å²) in [5, 5.41) is 0. The highest BCUT2D eigenvalue weighted by Gasteiger charge is 2.34. The number of nitrogens with one attached hydrogen (secondary N) is 1. The van der Waals surface area contributed by atoms with Gasteiger partial charge in [0.05, 0.1) is 6.54 Å². The van der Waals surface area contributed by atoms with Gasteiger partial charge in [-0.15, -0.1) is 0 Å². The molecule has 2 rings (SSSR count). The first-order valence-corrected chi connectivity index (χ1v) is 5.60. The van der Waals surface area contributed by atoms with Gasteiger partial charge in [0.2, 0.25) is 0 Å². The van der Waals surface area contributed by atoms with E-state index in [1.54, 1.807) is 6.07 Å². The van der Waals surface area contributed by atoms with Gasteiger partial charge >= 0.3 is 6.18 Å². The van der Waals surface area contributed by atoms with E-state index in [2.05, 4.69) is 10.4 Å². The van der Waals surface area contributed by atoms with Gasteiger partial charge in [0.1, 0.15) is 11.5 Å². The zero-order chi connectivity index (χ0) is 14.8. The van der Waals surface area contributed by atoms with Crippen molar-refractivity contribution in [2.45, 2.75) is 12.7 Å². The summed E-state index contributed by atoms with van der Waals surface area (Å²) >= 11 is 0. The molecule has 106 valence electrons. The Hall–Kier alpha value is -2.35. The molecule has 0 spiro atoms. The van der Waals surface area contributed by atoms with Gasteiger partial charge in [-0.1, -0.05) is 12.1 Å². The SMILES string of the molecule is NNc1ccc(Cn2c(C(F)(F)F)cccc2=O)cn1. The molecular formula is C12H11F3N4O. The lowest BCUT2D eigenvalue weighted by Gasteiger charge is -2.14. The van der Waals surface area contributed by atoms with Crippen LogP contribution < -0.4 is 16.8 Å². The second kappa shape index (κ2) is 5.33. The molecule has 0 radical (unpaired) electrons. The summed E-state index contributed by atoms with van der Waals surface area (Å²) in [6, 6.07) is 6.09. The van der Waals surface area contributed by atoms with E-state index in [4.69, 9.17) is 5.84 Å². The van der Waals surface area contributed by atoms with E-state index in [-0.39, 0.29) is 6.54 Å². The second-order valence-corrected chi connectivity index (χ2v) is 4.03. The van der Waals surface area contributed by atoms with E-state index < -0.39 is 17.4 Å². The minimum atomic E-state index is -4.59. The van der Waals surface area contributed by atoms with Gasteiger partial charge in [-0.3, -0.25) is 9.36 Å². The van der Waals surface area contributed by atoms with Crippen molar-refractivity contribution in [2.75, 3.05) is 5.43 Å². The Morgan fingerprint density at radius 2 is 2.00 bits per heavy atom. The summed E-state index contributed by atoms with van der Waals surface area (Å²) in [7, 11) is 0. The highest BCUT2D eigenvalue weighted by Crippen LogP contribution is 2.28. The topological polar surface area (TPSA) is 72.9 Å². The molecule has 8 heteroatoms. The lowest BCUT2D eigenvalue weighted by atomic mass is 10.2. The minimum Gasteiger partial charge on any atom is -0.308 e. The van der Waals surface area contributed by atoms with Crippen molar-refractivity contribution in [2.24, 2.45) is 5.84 Å². The fourth-order valence-electron chi connectivity index (χ4n) is 1.72. The number of pyridine rings is 2. The van der Waals surface area contributed by atoms with Gasteiger partial charge in [0.15, 0.2) is 0 Å². The number of aromatic nitrogens is 2. The van der Waals surface area contributed by atoms with Crippen molar-refractivity contribution in [1.82, 2.24) is 9.55 Å². The number of nitrogen functional groups attached to an aromatic ring is 1. The summed E-state index contributed by atoms with van der Waals surface area (Å²) in [6.07, 6.45) is -3.23. The molecule has 20 heavy (non-hydrogen) atoms. The Balaban J connectivity index is 2.40.